The molecule has 0 radical (unpaired) electrons. The standard InChI is InChI=1S/C22H19N2O/c1-13-6-9-18(24(5)12-13)21-14(2)7-8-17-20-15(3)10-16(23-4)11-19(20)25-22(17)21/h6-12H,1-3,5H3/q+1/i1D3,3D3. The molecule has 4 rings (SSSR count). The van der Waals surface area contributed by atoms with Crippen molar-refractivity contribution in [1.82, 2.24) is 0 Å². The first-order valence-electron chi connectivity index (χ1n) is 10.8. The van der Waals surface area contributed by atoms with Crippen LogP contribution in [0.3, 0.4) is 0 Å². The van der Waals surface area contributed by atoms with Crippen molar-refractivity contribution in [3.05, 3.63) is 70.7 Å². The molecule has 0 amide bonds. The van der Waals surface area contributed by atoms with Gasteiger partial charge in [-0.15, -0.1) is 0 Å². The second-order valence-electron chi connectivity index (χ2n) is 6.13. The Labute approximate surface area is 155 Å². The molecule has 0 saturated carbocycles. The minimum absolute atomic E-state index is 0.0756. The smallest absolute Gasteiger partial charge is 0.216 e. The number of hydrogen-bond acceptors (Lipinski definition) is 1. The SMILES string of the molecule is [2H]C([2H])([2H])c1ccc(-c2c(C)ccc3c2oc2cc([N+]#[C-])cc(C([2H])([2H])[2H])c23)[n+](C)c1. The normalized spacial score (nSPS) is 15.7. The zero-order valence-electron chi connectivity index (χ0n) is 19.8. The summed E-state index contributed by atoms with van der Waals surface area (Å²) in [5.74, 6) is 0. The van der Waals surface area contributed by atoms with E-state index in [0.717, 1.165) is 16.8 Å². The molecule has 0 fully saturated rings. The Morgan fingerprint density at radius 2 is 2.00 bits per heavy atom. The van der Waals surface area contributed by atoms with Crippen LogP contribution in [0.1, 0.15) is 24.9 Å². The van der Waals surface area contributed by atoms with Crippen LogP contribution < -0.4 is 4.57 Å². The topological polar surface area (TPSA) is 21.4 Å². The zero-order valence-corrected chi connectivity index (χ0v) is 13.8. The summed E-state index contributed by atoms with van der Waals surface area (Å²) in [5.41, 5.74) is 3.70. The van der Waals surface area contributed by atoms with Crippen LogP contribution in [-0.4, -0.2) is 0 Å². The van der Waals surface area contributed by atoms with Crippen molar-refractivity contribution < 1.29 is 17.2 Å². The fourth-order valence-electron chi connectivity index (χ4n) is 3.30. The summed E-state index contributed by atoms with van der Waals surface area (Å²) in [6.07, 6.45) is 1.56. The molecule has 2 heterocycles. The quantitative estimate of drug-likeness (QED) is 0.330. The number of aryl methyl sites for hydroxylation is 4. The van der Waals surface area contributed by atoms with Gasteiger partial charge in [0.25, 0.3) is 0 Å². The summed E-state index contributed by atoms with van der Waals surface area (Å²) in [5, 5.41) is 1.10. The van der Waals surface area contributed by atoms with Gasteiger partial charge in [-0.2, -0.15) is 0 Å². The number of pyridine rings is 1. The lowest BCUT2D eigenvalue weighted by atomic mass is 9.99. The first kappa shape index (κ1) is 10.0. The summed E-state index contributed by atoms with van der Waals surface area (Å²) in [7, 11) is 1.76. The predicted molar refractivity (Wildman–Crippen MR) is 101 cm³/mol. The molecule has 2 aromatic heterocycles. The van der Waals surface area contributed by atoms with Gasteiger partial charge in [0.2, 0.25) is 5.69 Å². The van der Waals surface area contributed by atoms with Crippen molar-refractivity contribution in [3.8, 4) is 11.3 Å². The van der Waals surface area contributed by atoms with E-state index in [9.17, 15) is 0 Å². The van der Waals surface area contributed by atoms with E-state index in [1.165, 1.54) is 6.07 Å². The van der Waals surface area contributed by atoms with Crippen molar-refractivity contribution >= 4 is 27.6 Å². The molecule has 2 aromatic carbocycles. The third-order valence-electron chi connectivity index (χ3n) is 4.45. The van der Waals surface area contributed by atoms with Crippen LogP contribution >= 0.6 is 0 Å². The maximum atomic E-state index is 7.95. The highest BCUT2D eigenvalue weighted by Crippen LogP contribution is 2.39. The third-order valence-corrected chi connectivity index (χ3v) is 4.45. The van der Waals surface area contributed by atoms with E-state index in [0.29, 0.717) is 21.9 Å². The Balaban J connectivity index is 2.09. The van der Waals surface area contributed by atoms with Crippen LogP contribution in [0, 0.1) is 27.2 Å². The monoisotopic (exact) mass is 333 g/mol. The van der Waals surface area contributed by atoms with E-state index >= 15 is 0 Å². The number of furan rings is 1. The molecule has 3 nitrogen and oxygen atoms in total. The first-order valence-corrected chi connectivity index (χ1v) is 7.80. The minimum atomic E-state index is -2.41. The van der Waals surface area contributed by atoms with Gasteiger partial charge in [-0.1, -0.05) is 18.2 Å². The van der Waals surface area contributed by atoms with Gasteiger partial charge < -0.3 is 4.42 Å². The van der Waals surface area contributed by atoms with Gasteiger partial charge in [0, 0.05) is 30.6 Å². The van der Waals surface area contributed by atoms with Crippen LogP contribution in [0.5, 0.6) is 0 Å². The minimum Gasteiger partial charge on any atom is -0.456 e. The molecule has 122 valence electrons. The lowest BCUT2D eigenvalue weighted by Crippen LogP contribution is -2.31. The lowest BCUT2D eigenvalue weighted by molar-refractivity contribution is -0.660. The van der Waals surface area contributed by atoms with Crippen molar-refractivity contribution in [2.45, 2.75) is 20.6 Å². The van der Waals surface area contributed by atoms with Gasteiger partial charge >= 0.3 is 0 Å². The molecule has 0 atom stereocenters. The van der Waals surface area contributed by atoms with E-state index in [4.69, 9.17) is 19.2 Å². The maximum absolute atomic E-state index is 7.95. The third kappa shape index (κ3) is 2.30. The lowest BCUT2D eigenvalue weighted by Gasteiger charge is -2.06. The number of fused-ring (bicyclic) bond motifs is 3. The fraction of sp³-hybridized carbons (Fsp3) is 0.182. The number of aromatic nitrogens is 1. The maximum Gasteiger partial charge on any atom is 0.216 e. The molecule has 0 unspecified atom stereocenters. The second kappa shape index (κ2) is 5.46. The molecular weight excluding hydrogens is 308 g/mol. The molecule has 4 aromatic rings. The van der Waals surface area contributed by atoms with Gasteiger partial charge in [-0.05, 0) is 43.9 Å². The van der Waals surface area contributed by atoms with Gasteiger partial charge in [-0.25, -0.2) is 9.41 Å². The molecule has 3 heteroatoms. The molecular formula is C22H19N2O+. The average Bonchev–Trinajstić information content (AvgIpc) is 3.04. The van der Waals surface area contributed by atoms with Crippen molar-refractivity contribution in [2.75, 3.05) is 0 Å². The van der Waals surface area contributed by atoms with Gasteiger partial charge in [-0.3, -0.25) is 0 Å². The van der Waals surface area contributed by atoms with E-state index in [-0.39, 0.29) is 16.8 Å². The van der Waals surface area contributed by atoms with Gasteiger partial charge in [0.15, 0.2) is 11.9 Å². The van der Waals surface area contributed by atoms with E-state index in [1.807, 2.05) is 19.1 Å². The van der Waals surface area contributed by atoms with Crippen LogP contribution in [0.2, 0.25) is 0 Å². The molecule has 25 heavy (non-hydrogen) atoms. The van der Waals surface area contributed by atoms with Crippen LogP contribution in [0.4, 0.5) is 5.69 Å². The van der Waals surface area contributed by atoms with E-state index in [2.05, 4.69) is 4.85 Å². The number of rotatable bonds is 1. The van der Waals surface area contributed by atoms with Crippen molar-refractivity contribution in [1.29, 1.82) is 0 Å². The van der Waals surface area contributed by atoms with Crippen molar-refractivity contribution in [2.24, 2.45) is 7.05 Å². The Morgan fingerprint density at radius 3 is 2.72 bits per heavy atom. The highest BCUT2D eigenvalue weighted by atomic mass is 16.3. The summed E-state index contributed by atoms with van der Waals surface area (Å²) in [4.78, 5) is 3.39. The summed E-state index contributed by atoms with van der Waals surface area (Å²) in [6.45, 7) is 4.60. The molecule has 0 aliphatic carbocycles. The Bertz CT molecular complexity index is 1390. The van der Waals surface area contributed by atoms with E-state index in [1.54, 1.807) is 36.0 Å². The van der Waals surface area contributed by atoms with Crippen molar-refractivity contribution in [3.63, 3.8) is 0 Å². The number of benzene rings is 2. The Hall–Kier alpha value is -3.12. The van der Waals surface area contributed by atoms with Crippen LogP contribution in [-0.2, 0) is 7.05 Å². The van der Waals surface area contributed by atoms with Gasteiger partial charge in [0.05, 0.1) is 12.1 Å². The summed E-state index contributed by atoms with van der Waals surface area (Å²) < 4.78 is 54.6. The summed E-state index contributed by atoms with van der Waals surface area (Å²) in [6, 6.07) is 9.94. The molecule has 0 spiro atoms. The molecule has 0 bridgehead atoms. The Kier molecular flexibility index (Phi) is 2.18. The predicted octanol–water partition coefficient (Wildman–Crippen LogP) is 5.55. The summed E-state index contributed by atoms with van der Waals surface area (Å²) >= 11 is 0. The van der Waals surface area contributed by atoms with Gasteiger partial charge in [0.1, 0.15) is 18.2 Å². The van der Waals surface area contributed by atoms with Crippen LogP contribution in [0.15, 0.2) is 47.0 Å². The highest BCUT2D eigenvalue weighted by Gasteiger charge is 2.21. The fourth-order valence-corrected chi connectivity index (χ4v) is 3.30. The number of hydrogen-bond donors (Lipinski definition) is 0. The first-order chi connectivity index (χ1) is 14.4. The number of nitrogens with zero attached hydrogens (tertiary/aromatic N) is 2. The van der Waals surface area contributed by atoms with E-state index < -0.39 is 13.7 Å². The molecule has 0 aliphatic heterocycles. The molecule has 0 N–H and O–H groups in total. The molecule has 0 aliphatic rings. The van der Waals surface area contributed by atoms with Crippen LogP contribution in [0.25, 0.3) is 38.0 Å². The average molecular weight is 333 g/mol. The highest BCUT2D eigenvalue weighted by molar-refractivity contribution is 6.11. The zero-order chi connectivity index (χ0) is 22.7. The largest absolute Gasteiger partial charge is 0.456 e. The second-order valence-corrected chi connectivity index (χ2v) is 6.13. The Morgan fingerprint density at radius 1 is 1.12 bits per heavy atom. The molecule has 0 saturated heterocycles.